The molecule has 0 aromatic carbocycles. The van der Waals surface area contributed by atoms with Gasteiger partial charge in [0.15, 0.2) is 5.69 Å². The van der Waals surface area contributed by atoms with E-state index >= 15 is 0 Å². The molecule has 0 atom stereocenters. The molecule has 0 bridgehead atoms. The molecule has 0 aliphatic carbocycles. The average molecular weight is 319 g/mol. The molecule has 114 valence electrons. The summed E-state index contributed by atoms with van der Waals surface area (Å²) >= 11 is 6.32. The monoisotopic (exact) mass is 318 g/mol. The normalized spacial score (nSPS) is 18.4. The lowest BCUT2D eigenvalue weighted by Gasteiger charge is -2.32. The van der Waals surface area contributed by atoms with E-state index in [1.807, 2.05) is 12.1 Å². The highest BCUT2D eigenvalue weighted by atomic mass is 35.5. The standard InChI is InChI=1S/C14H15ClN6O/c15-11-8-19-13(5-12(11)21-1-3-22-4-2-21)20-14-9-17-10(6-16)7-18-14/h5,7,9,19H,1-4,8H2,(H,18,20). The van der Waals surface area contributed by atoms with E-state index in [0.717, 1.165) is 29.6 Å². The van der Waals surface area contributed by atoms with Crippen molar-refractivity contribution in [1.82, 2.24) is 20.2 Å². The van der Waals surface area contributed by atoms with Crippen LogP contribution in [0.5, 0.6) is 0 Å². The Balaban J connectivity index is 1.74. The zero-order valence-corrected chi connectivity index (χ0v) is 12.6. The average Bonchev–Trinajstić information content (AvgIpc) is 2.58. The fourth-order valence-corrected chi connectivity index (χ4v) is 2.51. The number of ether oxygens (including phenoxy) is 1. The maximum atomic E-state index is 8.72. The Hall–Kier alpha value is -2.30. The van der Waals surface area contributed by atoms with E-state index in [1.54, 1.807) is 0 Å². The second kappa shape index (κ2) is 6.64. The number of anilines is 1. The first-order valence-corrected chi connectivity index (χ1v) is 7.30. The zero-order chi connectivity index (χ0) is 15.4. The highest BCUT2D eigenvalue weighted by Crippen LogP contribution is 2.22. The van der Waals surface area contributed by atoms with E-state index in [4.69, 9.17) is 21.6 Å². The molecule has 1 saturated heterocycles. The third-order valence-electron chi connectivity index (χ3n) is 3.37. The predicted octanol–water partition coefficient (Wildman–Crippen LogP) is 0.987. The van der Waals surface area contributed by atoms with Gasteiger partial charge in [0.25, 0.3) is 0 Å². The SMILES string of the molecule is N#Cc1cnc(NC2=CC(N3CCOCC3)=C(Cl)CN2)cn1. The van der Waals surface area contributed by atoms with Crippen molar-refractivity contribution >= 4 is 17.4 Å². The van der Waals surface area contributed by atoms with Gasteiger partial charge in [0.2, 0.25) is 0 Å². The molecule has 0 amide bonds. The summed E-state index contributed by atoms with van der Waals surface area (Å²) < 4.78 is 5.37. The fraction of sp³-hybridized carbons (Fsp3) is 0.357. The Morgan fingerprint density at radius 2 is 2.14 bits per heavy atom. The molecule has 2 aliphatic heterocycles. The van der Waals surface area contributed by atoms with Crippen molar-refractivity contribution in [2.45, 2.75) is 0 Å². The zero-order valence-electron chi connectivity index (χ0n) is 11.8. The van der Waals surface area contributed by atoms with Gasteiger partial charge in [-0.15, -0.1) is 0 Å². The first-order valence-electron chi connectivity index (χ1n) is 6.92. The molecular weight excluding hydrogens is 304 g/mol. The maximum absolute atomic E-state index is 8.72. The summed E-state index contributed by atoms with van der Waals surface area (Å²) in [5.41, 5.74) is 1.28. The molecule has 7 nitrogen and oxygen atoms in total. The molecule has 1 fully saturated rings. The van der Waals surface area contributed by atoms with Crippen LogP contribution in [0.15, 0.2) is 35.0 Å². The lowest BCUT2D eigenvalue weighted by molar-refractivity contribution is 0.0549. The van der Waals surface area contributed by atoms with Gasteiger partial charge in [-0.25, -0.2) is 9.97 Å². The molecule has 2 aliphatic rings. The van der Waals surface area contributed by atoms with Crippen LogP contribution >= 0.6 is 11.6 Å². The minimum absolute atomic E-state index is 0.285. The van der Waals surface area contributed by atoms with Crippen molar-refractivity contribution in [1.29, 1.82) is 5.26 Å². The number of nitrogens with one attached hydrogen (secondary N) is 2. The number of hydrogen-bond donors (Lipinski definition) is 2. The Kier molecular flexibility index (Phi) is 4.42. The van der Waals surface area contributed by atoms with Gasteiger partial charge in [-0.2, -0.15) is 5.26 Å². The summed E-state index contributed by atoms with van der Waals surface area (Å²) in [7, 11) is 0. The van der Waals surface area contributed by atoms with Crippen LogP contribution in [0.4, 0.5) is 5.82 Å². The van der Waals surface area contributed by atoms with Crippen molar-refractivity contribution in [3.05, 3.63) is 40.7 Å². The number of nitriles is 1. The molecule has 0 unspecified atom stereocenters. The van der Waals surface area contributed by atoms with Gasteiger partial charge < -0.3 is 20.3 Å². The first-order chi connectivity index (χ1) is 10.8. The summed E-state index contributed by atoms with van der Waals surface area (Å²) in [5, 5.41) is 15.8. The molecule has 1 aromatic rings. The van der Waals surface area contributed by atoms with Crippen LogP contribution in [-0.2, 0) is 4.74 Å². The fourth-order valence-electron chi connectivity index (χ4n) is 2.27. The van der Waals surface area contributed by atoms with Crippen LogP contribution < -0.4 is 10.6 Å². The molecule has 3 rings (SSSR count). The highest BCUT2D eigenvalue weighted by molar-refractivity contribution is 6.30. The van der Waals surface area contributed by atoms with E-state index < -0.39 is 0 Å². The number of aromatic nitrogens is 2. The van der Waals surface area contributed by atoms with Gasteiger partial charge in [0.05, 0.1) is 42.9 Å². The minimum Gasteiger partial charge on any atom is -0.378 e. The van der Waals surface area contributed by atoms with Gasteiger partial charge in [-0.1, -0.05) is 11.6 Å². The second-order valence-corrected chi connectivity index (χ2v) is 5.28. The number of hydrogen-bond acceptors (Lipinski definition) is 7. The lowest BCUT2D eigenvalue weighted by atomic mass is 10.2. The lowest BCUT2D eigenvalue weighted by Crippen LogP contribution is -2.38. The van der Waals surface area contributed by atoms with E-state index in [-0.39, 0.29) is 5.69 Å². The third kappa shape index (κ3) is 3.30. The topological polar surface area (TPSA) is 86.1 Å². The van der Waals surface area contributed by atoms with E-state index in [2.05, 4.69) is 25.5 Å². The molecule has 3 heterocycles. The Morgan fingerprint density at radius 3 is 2.82 bits per heavy atom. The van der Waals surface area contributed by atoms with Crippen LogP contribution in [-0.4, -0.2) is 47.7 Å². The molecule has 2 N–H and O–H groups in total. The van der Waals surface area contributed by atoms with Crippen LogP contribution in [0, 0.1) is 11.3 Å². The quantitative estimate of drug-likeness (QED) is 0.859. The molecular formula is C14H15ClN6O. The van der Waals surface area contributed by atoms with Crippen molar-refractivity contribution in [3.63, 3.8) is 0 Å². The second-order valence-electron chi connectivity index (χ2n) is 4.82. The summed E-state index contributed by atoms with van der Waals surface area (Å²) in [5.74, 6) is 1.36. The minimum atomic E-state index is 0.285. The third-order valence-corrected chi connectivity index (χ3v) is 3.70. The summed E-state index contributed by atoms with van der Waals surface area (Å²) in [6.45, 7) is 3.62. The van der Waals surface area contributed by atoms with E-state index in [9.17, 15) is 0 Å². The Bertz CT molecular complexity index is 642. The largest absolute Gasteiger partial charge is 0.378 e. The van der Waals surface area contributed by atoms with Crippen molar-refractivity contribution < 1.29 is 4.74 Å². The molecule has 22 heavy (non-hydrogen) atoms. The highest BCUT2D eigenvalue weighted by Gasteiger charge is 2.19. The molecule has 0 spiro atoms. The molecule has 0 radical (unpaired) electrons. The Labute approximate surface area is 133 Å². The number of halogens is 1. The number of morpholine rings is 1. The van der Waals surface area contributed by atoms with Gasteiger partial charge in [-0.3, -0.25) is 0 Å². The first kappa shape index (κ1) is 14.6. The van der Waals surface area contributed by atoms with Crippen LogP contribution in [0.2, 0.25) is 0 Å². The molecule has 8 heteroatoms. The number of rotatable bonds is 3. The van der Waals surface area contributed by atoms with Crippen LogP contribution in [0.3, 0.4) is 0 Å². The van der Waals surface area contributed by atoms with E-state index in [1.165, 1.54) is 12.4 Å². The smallest absolute Gasteiger partial charge is 0.158 e. The van der Waals surface area contributed by atoms with Gasteiger partial charge in [0, 0.05) is 19.2 Å². The van der Waals surface area contributed by atoms with Crippen molar-refractivity contribution in [2.24, 2.45) is 0 Å². The summed E-state index contributed by atoms with van der Waals surface area (Å²) in [4.78, 5) is 10.3. The van der Waals surface area contributed by atoms with Crippen molar-refractivity contribution in [2.75, 3.05) is 38.2 Å². The number of allylic oxidation sites excluding steroid dienone is 1. The van der Waals surface area contributed by atoms with Crippen LogP contribution in [0.1, 0.15) is 5.69 Å². The number of dihydropyridines is 1. The summed E-state index contributed by atoms with van der Waals surface area (Å²) in [6.07, 6.45) is 4.91. The molecule has 0 saturated carbocycles. The van der Waals surface area contributed by atoms with Crippen LogP contribution in [0.25, 0.3) is 0 Å². The predicted molar refractivity (Wildman–Crippen MR) is 81.7 cm³/mol. The summed E-state index contributed by atoms with van der Waals surface area (Å²) in [6, 6.07) is 1.94. The Morgan fingerprint density at radius 1 is 1.32 bits per heavy atom. The maximum Gasteiger partial charge on any atom is 0.158 e. The van der Waals surface area contributed by atoms with Crippen molar-refractivity contribution in [3.8, 4) is 6.07 Å². The van der Waals surface area contributed by atoms with Gasteiger partial charge in [-0.05, 0) is 0 Å². The molecule has 1 aromatic heterocycles. The van der Waals surface area contributed by atoms with Gasteiger partial charge >= 0.3 is 0 Å². The van der Waals surface area contributed by atoms with Gasteiger partial charge in [0.1, 0.15) is 17.7 Å². The number of nitrogens with zero attached hydrogens (tertiary/aromatic N) is 4. The van der Waals surface area contributed by atoms with E-state index in [0.29, 0.717) is 25.6 Å².